The second kappa shape index (κ2) is 9.02. The van der Waals surface area contributed by atoms with Gasteiger partial charge in [-0.3, -0.25) is 4.79 Å². The van der Waals surface area contributed by atoms with Gasteiger partial charge in [-0.25, -0.2) is 0 Å². The molecule has 0 fully saturated rings. The number of aryl methyl sites for hydroxylation is 2. The fraction of sp³-hybridized carbons (Fsp3) is 0.462. The third-order valence-electron chi connectivity index (χ3n) is 2.46. The van der Waals surface area contributed by atoms with E-state index in [1.807, 2.05) is 7.05 Å². The normalized spacial score (nSPS) is 9.53. The largest absolute Gasteiger partial charge is 0.355 e. The molecule has 96 valence electrons. The molecule has 0 saturated heterocycles. The van der Waals surface area contributed by atoms with Crippen LogP contribution in [0.1, 0.15) is 17.5 Å². The molecule has 1 amide bonds. The Balaban J connectivity index is 0.00000256. The van der Waals surface area contributed by atoms with Gasteiger partial charge in [0.25, 0.3) is 0 Å². The molecule has 0 saturated carbocycles. The Hall–Kier alpha value is -1.06. The zero-order valence-corrected chi connectivity index (χ0v) is 11.3. The first kappa shape index (κ1) is 15.9. The van der Waals surface area contributed by atoms with Crippen LogP contribution in [0.15, 0.2) is 24.3 Å². The van der Waals surface area contributed by atoms with E-state index in [4.69, 9.17) is 0 Å². The number of likely N-dealkylation sites (N-methyl/N-ethyl adjacent to an activating group) is 1. The predicted molar refractivity (Wildman–Crippen MR) is 73.7 cm³/mol. The van der Waals surface area contributed by atoms with Crippen LogP contribution in [0.4, 0.5) is 0 Å². The summed E-state index contributed by atoms with van der Waals surface area (Å²) in [5.74, 6) is 0.121. The molecule has 0 atom stereocenters. The van der Waals surface area contributed by atoms with E-state index >= 15 is 0 Å². The SMILES string of the molecule is CNCCNC(=O)CCc1ccc(C)cc1.Cl. The van der Waals surface area contributed by atoms with Crippen LogP contribution in [0, 0.1) is 6.92 Å². The van der Waals surface area contributed by atoms with Gasteiger partial charge in [0.15, 0.2) is 0 Å². The van der Waals surface area contributed by atoms with E-state index in [-0.39, 0.29) is 18.3 Å². The van der Waals surface area contributed by atoms with Crippen LogP contribution in [-0.2, 0) is 11.2 Å². The van der Waals surface area contributed by atoms with E-state index in [1.165, 1.54) is 11.1 Å². The number of hydrogen-bond donors (Lipinski definition) is 2. The van der Waals surface area contributed by atoms with Gasteiger partial charge in [-0.1, -0.05) is 29.8 Å². The van der Waals surface area contributed by atoms with Crippen LogP contribution in [0.3, 0.4) is 0 Å². The summed E-state index contributed by atoms with van der Waals surface area (Å²) < 4.78 is 0. The minimum absolute atomic E-state index is 0. The zero-order chi connectivity index (χ0) is 11.8. The number of hydrogen-bond acceptors (Lipinski definition) is 2. The van der Waals surface area contributed by atoms with Crippen molar-refractivity contribution in [2.45, 2.75) is 19.8 Å². The van der Waals surface area contributed by atoms with Crippen LogP contribution in [0.25, 0.3) is 0 Å². The molecule has 0 heterocycles. The molecule has 2 N–H and O–H groups in total. The first-order valence-electron chi connectivity index (χ1n) is 5.69. The average Bonchev–Trinajstić information content (AvgIpc) is 2.29. The van der Waals surface area contributed by atoms with E-state index in [0.29, 0.717) is 13.0 Å². The van der Waals surface area contributed by atoms with Gasteiger partial charge in [0.1, 0.15) is 0 Å². The maximum atomic E-state index is 11.4. The number of rotatable bonds is 6. The number of carbonyl (C=O) groups excluding carboxylic acids is 1. The summed E-state index contributed by atoms with van der Waals surface area (Å²) in [6.45, 7) is 3.58. The Morgan fingerprint density at radius 2 is 1.82 bits per heavy atom. The van der Waals surface area contributed by atoms with Crippen LogP contribution >= 0.6 is 12.4 Å². The van der Waals surface area contributed by atoms with Gasteiger partial charge < -0.3 is 10.6 Å². The van der Waals surface area contributed by atoms with Gasteiger partial charge in [0.05, 0.1) is 0 Å². The third-order valence-corrected chi connectivity index (χ3v) is 2.46. The maximum Gasteiger partial charge on any atom is 0.220 e. The van der Waals surface area contributed by atoms with Gasteiger partial charge in [-0.15, -0.1) is 12.4 Å². The molecule has 1 aromatic rings. The minimum Gasteiger partial charge on any atom is -0.355 e. The number of benzene rings is 1. The summed E-state index contributed by atoms with van der Waals surface area (Å²) in [5, 5.41) is 5.85. The van der Waals surface area contributed by atoms with Crippen molar-refractivity contribution in [1.82, 2.24) is 10.6 Å². The second-order valence-electron chi connectivity index (χ2n) is 3.94. The Labute approximate surface area is 109 Å². The highest BCUT2D eigenvalue weighted by Gasteiger charge is 2.00. The molecule has 1 aromatic carbocycles. The van der Waals surface area contributed by atoms with Crippen LogP contribution in [0.5, 0.6) is 0 Å². The summed E-state index contributed by atoms with van der Waals surface area (Å²) in [6, 6.07) is 8.31. The Morgan fingerprint density at radius 3 is 2.41 bits per heavy atom. The molecule has 0 aromatic heterocycles. The number of carbonyl (C=O) groups is 1. The van der Waals surface area contributed by atoms with Crippen LogP contribution < -0.4 is 10.6 Å². The fourth-order valence-electron chi connectivity index (χ4n) is 1.43. The van der Waals surface area contributed by atoms with Crippen molar-refractivity contribution in [3.8, 4) is 0 Å². The van der Waals surface area contributed by atoms with Crippen LogP contribution in [0.2, 0.25) is 0 Å². The molecule has 1 rings (SSSR count). The topological polar surface area (TPSA) is 41.1 Å². The molecular formula is C13H21ClN2O. The van der Waals surface area contributed by atoms with E-state index in [1.54, 1.807) is 0 Å². The average molecular weight is 257 g/mol. The maximum absolute atomic E-state index is 11.4. The summed E-state index contributed by atoms with van der Waals surface area (Å²) in [5.41, 5.74) is 2.47. The first-order chi connectivity index (χ1) is 7.72. The predicted octanol–water partition coefficient (Wildman–Crippen LogP) is 1.69. The molecular weight excluding hydrogens is 236 g/mol. The molecule has 17 heavy (non-hydrogen) atoms. The first-order valence-corrected chi connectivity index (χ1v) is 5.69. The monoisotopic (exact) mass is 256 g/mol. The Morgan fingerprint density at radius 1 is 1.18 bits per heavy atom. The fourth-order valence-corrected chi connectivity index (χ4v) is 1.43. The highest BCUT2D eigenvalue weighted by molar-refractivity contribution is 5.85. The molecule has 3 nitrogen and oxygen atoms in total. The second-order valence-corrected chi connectivity index (χ2v) is 3.94. The molecule has 0 radical (unpaired) electrons. The van der Waals surface area contributed by atoms with Gasteiger partial charge >= 0.3 is 0 Å². The molecule has 4 heteroatoms. The lowest BCUT2D eigenvalue weighted by Crippen LogP contribution is -2.30. The van der Waals surface area contributed by atoms with E-state index in [0.717, 1.165) is 13.0 Å². The molecule has 0 unspecified atom stereocenters. The molecule has 0 bridgehead atoms. The standard InChI is InChI=1S/C13H20N2O.ClH/c1-11-3-5-12(6-4-11)7-8-13(16)15-10-9-14-2;/h3-6,14H,7-10H2,1-2H3,(H,15,16);1H. The van der Waals surface area contributed by atoms with Gasteiger partial charge in [-0.05, 0) is 26.0 Å². The smallest absolute Gasteiger partial charge is 0.220 e. The highest BCUT2D eigenvalue weighted by atomic mass is 35.5. The lowest BCUT2D eigenvalue weighted by Gasteiger charge is -2.05. The Bertz CT molecular complexity index is 325. The van der Waals surface area contributed by atoms with Gasteiger partial charge in [-0.2, -0.15) is 0 Å². The van der Waals surface area contributed by atoms with Crippen molar-refractivity contribution in [2.75, 3.05) is 20.1 Å². The van der Waals surface area contributed by atoms with Gasteiger partial charge in [0, 0.05) is 19.5 Å². The van der Waals surface area contributed by atoms with Crippen molar-refractivity contribution in [2.24, 2.45) is 0 Å². The van der Waals surface area contributed by atoms with Crippen LogP contribution in [-0.4, -0.2) is 26.0 Å². The Kier molecular flexibility index (Phi) is 8.46. The number of halogens is 1. The van der Waals surface area contributed by atoms with E-state index in [2.05, 4.69) is 41.8 Å². The van der Waals surface area contributed by atoms with Gasteiger partial charge in [0.2, 0.25) is 5.91 Å². The summed E-state index contributed by atoms with van der Waals surface area (Å²) in [6.07, 6.45) is 1.37. The molecule has 0 spiro atoms. The number of nitrogens with one attached hydrogen (secondary N) is 2. The van der Waals surface area contributed by atoms with Crippen molar-refractivity contribution >= 4 is 18.3 Å². The molecule has 0 aliphatic rings. The van der Waals surface area contributed by atoms with E-state index < -0.39 is 0 Å². The quantitative estimate of drug-likeness (QED) is 0.761. The van der Waals surface area contributed by atoms with Crippen molar-refractivity contribution in [1.29, 1.82) is 0 Å². The molecule has 0 aliphatic heterocycles. The lowest BCUT2D eigenvalue weighted by atomic mass is 10.1. The highest BCUT2D eigenvalue weighted by Crippen LogP contribution is 2.05. The molecule has 0 aliphatic carbocycles. The summed E-state index contributed by atoms with van der Waals surface area (Å²) in [7, 11) is 1.87. The van der Waals surface area contributed by atoms with Crippen molar-refractivity contribution < 1.29 is 4.79 Å². The minimum atomic E-state index is 0. The summed E-state index contributed by atoms with van der Waals surface area (Å²) >= 11 is 0. The third kappa shape index (κ3) is 6.97. The van der Waals surface area contributed by atoms with Crippen molar-refractivity contribution in [3.63, 3.8) is 0 Å². The summed E-state index contributed by atoms with van der Waals surface area (Å²) in [4.78, 5) is 11.4. The number of amides is 1. The van der Waals surface area contributed by atoms with E-state index in [9.17, 15) is 4.79 Å². The van der Waals surface area contributed by atoms with Crippen molar-refractivity contribution in [3.05, 3.63) is 35.4 Å². The zero-order valence-electron chi connectivity index (χ0n) is 10.5. The lowest BCUT2D eigenvalue weighted by molar-refractivity contribution is -0.121.